The number of aromatic nitrogens is 2. The van der Waals surface area contributed by atoms with Crippen molar-refractivity contribution in [1.82, 2.24) is 14.5 Å². The number of rotatable bonds is 6. The van der Waals surface area contributed by atoms with E-state index in [4.69, 9.17) is 0 Å². The van der Waals surface area contributed by atoms with Crippen LogP contribution in [0.1, 0.15) is 31.9 Å². The smallest absolute Gasteiger partial charge is 0.329 e. The minimum absolute atomic E-state index is 0.0642. The number of carbonyl (C=O) groups is 1. The fraction of sp³-hybridized carbons (Fsp3) is 0.250. The highest BCUT2D eigenvalue weighted by Gasteiger charge is 2.15. The summed E-state index contributed by atoms with van der Waals surface area (Å²) in [6, 6.07) is 21.9. The Morgan fingerprint density at radius 3 is 2.34 bits per heavy atom. The lowest BCUT2D eigenvalue weighted by Crippen LogP contribution is -2.30. The van der Waals surface area contributed by atoms with E-state index in [2.05, 4.69) is 23.5 Å². The number of hydrogen-bond donors (Lipinski definition) is 1. The van der Waals surface area contributed by atoms with Crippen LogP contribution in [0.3, 0.4) is 0 Å². The Bertz CT molecular complexity index is 1230. The number of fused-ring (bicyclic) bond motifs is 2. The van der Waals surface area contributed by atoms with Crippen LogP contribution in [-0.4, -0.2) is 15.0 Å². The van der Waals surface area contributed by atoms with Gasteiger partial charge in [-0.3, -0.25) is 13.9 Å². The Morgan fingerprint density at radius 2 is 1.59 bits per heavy atom. The number of aryl methyl sites for hydroxylation is 2. The zero-order valence-corrected chi connectivity index (χ0v) is 16.8. The Hall–Kier alpha value is -3.34. The monoisotopic (exact) mass is 387 g/mol. The van der Waals surface area contributed by atoms with Crippen LogP contribution in [0.5, 0.6) is 0 Å². The van der Waals surface area contributed by atoms with E-state index in [1.54, 1.807) is 9.13 Å². The van der Waals surface area contributed by atoms with Crippen molar-refractivity contribution in [2.24, 2.45) is 0 Å². The molecule has 5 heteroatoms. The summed E-state index contributed by atoms with van der Waals surface area (Å²) in [6.45, 7) is 4.92. The molecule has 0 aliphatic rings. The lowest BCUT2D eigenvalue weighted by Gasteiger charge is -2.17. The molecular formula is C24H25N3O2. The molecule has 29 heavy (non-hydrogen) atoms. The minimum atomic E-state index is -0.109. The van der Waals surface area contributed by atoms with Gasteiger partial charge in [-0.15, -0.1) is 0 Å². The molecule has 1 aromatic heterocycles. The van der Waals surface area contributed by atoms with E-state index < -0.39 is 0 Å². The lowest BCUT2D eigenvalue weighted by atomic mass is 9.99. The van der Waals surface area contributed by atoms with Crippen LogP contribution < -0.4 is 11.0 Å². The van der Waals surface area contributed by atoms with Crippen molar-refractivity contribution in [2.75, 3.05) is 0 Å². The summed E-state index contributed by atoms with van der Waals surface area (Å²) in [5, 5.41) is 5.39. The molecule has 1 unspecified atom stereocenters. The molecule has 0 bridgehead atoms. The maximum absolute atomic E-state index is 12.7. The molecule has 0 spiro atoms. The van der Waals surface area contributed by atoms with Crippen LogP contribution in [0.2, 0.25) is 0 Å². The van der Waals surface area contributed by atoms with E-state index in [0.29, 0.717) is 13.1 Å². The Morgan fingerprint density at radius 1 is 0.931 bits per heavy atom. The van der Waals surface area contributed by atoms with Gasteiger partial charge in [0.15, 0.2) is 0 Å². The first-order valence-corrected chi connectivity index (χ1v) is 10.0. The number of para-hydroxylation sites is 2. The fourth-order valence-corrected chi connectivity index (χ4v) is 4.03. The highest BCUT2D eigenvalue weighted by atomic mass is 16.2. The van der Waals surface area contributed by atoms with Crippen LogP contribution >= 0.6 is 0 Å². The van der Waals surface area contributed by atoms with Gasteiger partial charge in [-0.05, 0) is 42.3 Å². The third kappa shape index (κ3) is 3.56. The normalized spacial score (nSPS) is 12.3. The van der Waals surface area contributed by atoms with Crippen LogP contribution in [0.15, 0.2) is 71.5 Å². The van der Waals surface area contributed by atoms with Gasteiger partial charge in [-0.2, -0.15) is 0 Å². The van der Waals surface area contributed by atoms with Crippen molar-refractivity contribution in [3.05, 3.63) is 82.8 Å². The summed E-state index contributed by atoms with van der Waals surface area (Å²) >= 11 is 0. The zero-order valence-electron chi connectivity index (χ0n) is 16.8. The van der Waals surface area contributed by atoms with E-state index in [9.17, 15) is 9.59 Å². The second kappa shape index (κ2) is 7.95. The summed E-state index contributed by atoms with van der Waals surface area (Å²) in [6.07, 6.45) is 0.257. The molecule has 4 rings (SSSR count). The van der Waals surface area contributed by atoms with Crippen LogP contribution in [-0.2, 0) is 17.9 Å². The van der Waals surface area contributed by atoms with Crippen molar-refractivity contribution >= 4 is 27.7 Å². The second-order valence-electron chi connectivity index (χ2n) is 7.27. The first kappa shape index (κ1) is 19.0. The summed E-state index contributed by atoms with van der Waals surface area (Å²) in [5.41, 5.74) is 2.80. The quantitative estimate of drug-likeness (QED) is 0.538. The summed E-state index contributed by atoms with van der Waals surface area (Å²) in [5.74, 6) is -0.0642. The molecule has 1 atom stereocenters. The molecule has 3 aromatic carbocycles. The van der Waals surface area contributed by atoms with Crippen LogP contribution in [0, 0.1) is 0 Å². The van der Waals surface area contributed by atoms with E-state index in [1.165, 1.54) is 0 Å². The van der Waals surface area contributed by atoms with Crippen LogP contribution in [0.25, 0.3) is 21.8 Å². The zero-order chi connectivity index (χ0) is 20.4. The van der Waals surface area contributed by atoms with Gasteiger partial charge in [0.2, 0.25) is 5.91 Å². The number of nitrogens with zero attached hydrogens (tertiary/aromatic N) is 2. The van der Waals surface area contributed by atoms with Crippen molar-refractivity contribution < 1.29 is 4.79 Å². The molecule has 0 aliphatic carbocycles. The molecule has 148 valence electrons. The van der Waals surface area contributed by atoms with E-state index in [1.807, 2.05) is 62.4 Å². The predicted octanol–water partition coefficient (Wildman–Crippen LogP) is 4.24. The van der Waals surface area contributed by atoms with E-state index >= 15 is 0 Å². The average Bonchev–Trinajstić information content (AvgIpc) is 3.02. The van der Waals surface area contributed by atoms with E-state index in [0.717, 1.165) is 27.4 Å². The molecule has 4 aromatic rings. The number of amides is 1. The van der Waals surface area contributed by atoms with Gasteiger partial charge in [-0.1, -0.05) is 54.6 Å². The van der Waals surface area contributed by atoms with E-state index in [-0.39, 0.29) is 24.1 Å². The average molecular weight is 387 g/mol. The maximum atomic E-state index is 12.7. The van der Waals surface area contributed by atoms with Crippen molar-refractivity contribution in [3.63, 3.8) is 0 Å². The topological polar surface area (TPSA) is 56.0 Å². The molecule has 1 amide bonds. The lowest BCUT2D eigenvalue weighted by molar-refractivity contribution is -0.121. The third-order valence-electron chi connectivity index (χ3n) is 5.47. The standard InChI is InChI=1S/C24H25N3O2/c1-3-26-21-13-6-7-14-22(21)27(24(26)29)16-15-23(28)25-17(2)19-12-8-10-18-9-4-5-11-20(18)19/h4-14,17H,3,15-16H2,1-2H3,(H,25,28). The number of hydrogen-bond acceptors (Lipinski definition) is 2. The third-order valence-corrected chi connectivity index (χ3v) is 5.47. The first-order valence-electron chi connectivity index (χ1n) is 10.0. The number of benzene rings is 3. The first-order chi connectivity index (χ1) is 14.1. The van der Waals surface area contributed by atoms with Gasteiger partial charge < -0.3 is 5.32 Å². The molecule has 0 aliphatic heterocycles. The highest BCUT2D eigenvalue weighted by molar-refractivity contribution is 5.87. The number of imidazole rings is 1. The summed E-state index contributed by atoms with van der Waals surface area (Å²) in [7, 11) is 0. The second-order valence-corrected chi connectivity index (χ2v) is 7.27. The van der Waals surface area contributed by atoms with Gasteiger partial charge in [0.25, 0.3) is 0 Å². The minimum Gasteiger partial charge on any atom is -0.350 e. The van der Waals surface area contributed by atoms with Crippen LogP contribution in [0.4, 0.5) is 0 Å². The Balaban J connectivity index is 1.50. The van der Waals surface area contributed by atoms with Gasteiger partial charge in [0.1, 0.15) is 0 Å². The molecule has 1 N–H and O–H groups in total. The number of nitrogens with one attached hydrogen (secondary N) is 1. The summed E-state index contributed by atoms with van der Waals surface area (Å²) < 4.78 is 3.44. The number of carbonyl (C=O) groups excluding carboxylic acids is 1. The summed E-state index contributed by atoms with van der Waals surface area (Å²) in [4.78, 5) is 25.3. The Kier molecular flexibility index (Phi) is 5.21. The van der Waals surface area contributed by atoms with Crippen molar-refractivity contribution in [1.29, 1.82) is 0 Å². The van der Waals surface area contributed by atoms with Crippen molar-refractivity contribution in [2.45, 2.75) is 39.4 Å². The van der Waals surface area contributed by atoms with Gasteiger partial charge in [0.05, 0.1) is 17.1 Å². The highest BCUT2D eigenvalue weighted by Crippen LogP contribution is 2.24. The molecule has 0 radical (unpaired) electrons. The molecule has 0 saturated carbocycles. The maximum Gasteiger partial charge on any atom is 0.329 e. The molecule has 5 nitrogen and oxygen atoms in total. The van der Waals surface area contributed by atoms with Gasteiger partial charge in [-0.25, -0.2) is 4.79 Å². The molecule has 0 saturated heterocycles. The molecule has 0 fully saturated rings. The predicted molar refractivity (Wildman–Crippen MR) is 117 cm³/mol. The van der Waals surface area contributed by atoms with Crippen molar-refractivity contribution in [3.8, 4) is 0 Å². The molecular weight excluding hydrogens is 362 g/mol. The fourth-order valence-electron chi connectivity index (χ4n) is 4.03. The Labute approximate surface area is 169 Å². The largest absolute Gasteiger partial charge is 0.350 e. The SMILES string of the molecule is CCn1c(=O)n(CCC(=O)NC(C)c2cccc3ccccc23)c2ccccc21. The van der Waals surface area contributed by atoms with Gasteiger partial charge in [0, 0.05) is 19.5 Å². The molecule has 1 heterocycles. The van der Waals surface area contributed by atoms with Gasteiger partial charge >= 0.3 is 5.69 Å².